The average molecular weight is 391 g/mol. The number of likely N-dealkylation sites (N-methyl/N-ethyl adjacent to an activating group) is 1. The first-order chi connectivity index (χ1) is 12.9. The standard InChI is InChI=1S/C19H25N3O4S/c1-20-10-12-21(13-11-20)27(25,26)15-8-6-14(7-9-15)22-18(23)16-4-2-3-5-17(16)19(22)24/h6-9,16-17H,2-5,10-13H2,1H3/t16-,17+. The second kappa shape index (κ2) is 7.00. The lowest BCUT2D eigenvalue weighted by atomic mass is 9.81. The first-order valence-corrected chi connectivity index (χ1v) is 11.0. The van der Waals surface area contributed by atoms with Crippen molar-refractivity contribution in [3.63, 3.8) is 0 Å². The highest BCUT2D eigenvalue weighted by molar-refractivity contribution is 7.89. The third-order valence-electron chi connectivity index (χ3n) is 6.04. The van der Waals surface area contributed by atoms with Crippen LogP contribution in [0.3, 0.4) is 0 Å². The van der Waals surface area contributed by atoms with Gasteiger partial charge in [0.2, 0.25) is 21.8 Å². The summed E-state index contributed by atoms with van der Waals surface area (Å²) in [5.41, 5.74) is 0.469. The molecule has 8 heteroatoms. The Kier molecular flexibility index (Phi) is 4.82. The van der Waals surface area contributed by atoms with Crippen molar-refractivity contribution in [2.24, 2.45) is 11.8 Å². The van der Waals surface area contributed by atoms with E-state index in [2.05, 4.69) is 4.90 Å². The summed E-state index contributed by atoms with van der Waals surface area (Å²) in [6, 6.07) is 6.17. The number of hydrogen-bond donors (Lipinski definition) is 0. The van der Waals surface area contributed by atoms with Crippen molar-refractivity contribution in [2.75, 3.05) is 38.1 Å². The van der Waals surface area contributed by atoms with Gasteiger partial charge in [-0.1, -0.05) is 12.8 Å². The first-order valence-electron chi connectivity index (χ1n) is 9.56. The van der Waals surface area contributed by atoms with Crippen molar-refractivity contribution in [3.05, 3.63) is 24.3 Å². The highest BCUT2D eigenvalue weighted by Gasteiger charge is 2.48. The summed E-state index contributed by atoms with van der Waals surface area (Å²) < 4.78 is 27.1. The number of anilines is 1. The lowest BCUT2D eigenvalue weighted by molar-refractivity contribution is -0.122. The van der Waals surface area contributed by atoms with Gasteiger partial charge in [0, 0.05) is 26.2 Å². The molecule has 7 nitrogen and oxygen atoms in total. The van der Waals surface area contributed by atoms with E-state index < -0.39 is 10.0 Å². The van der Waals surface area contributed by atoms with Gasteiger partial charge in [-0.3, -0.25) is 14.5 Å². The van der Waals surface area contributed by atoms with Crippen LogP contribution in [-0.4, -0.2) is 62.7 Å². The van der Waals surface area contributed by atoms with Gasteiger partial charge in [0.15, 0.2) is 0 Å². The molecule has 2 saturated heterocycles. The topological polar surface area (TPSA) is 78.0 Å². The van der Waals surface area contributed by atoms with Crippen LogP contribution in [0, 0.1) is 11.8 Å². The Morgan fingerprint density at radius 3 is 1.89 bits per heavy atom. The van der Waals surface area contributed by atoms with Gasteiger partial charge in [0.25, 0.3) is 0 Å². The number of hydrogen-bond acceptors (Lipinski definition) is 5. The summed E-state index contributed by atoms with van der Waals surface area (Å²) in [6.07, 6.45) is 3.50. The molecule has 1 saturated carbocycles. The quantitative estimate of drug-likeness (QED) is 0.726. The van der Waals surface area contributed by atoms with E-state index in [1.807, 2.05) is 7.05 Å². The molecule has 1 aromatic carbocycles. The molecule has 146 valence electrons. The normalized spacial score (nSPS) is 27.8. The van der Waals surface area contributed by atoms with Crippen molar-refractivity contribution in [1.82, 2.24) is 9.21 Å². The summed E-state index contributed by atoms with van der Waals surface area (Å²) >= 11 is 0. The van der Waals surface area contributed by atoms with Crippen LogP contribution >= 0.6 is 0 Å². The second-order valence-electron chi connectivity index (χ2n) is 7.71. The molecule has 0 radical (unpaired) electrons. The van der Waals surface area contributed by atoms with Gasteiger partial charge in [-0.2, -0.15) is 4.31 Å². The Labute approximate surface area is 160 Å². The van der Waals surface area contributed by atoms with Crippen molar-refractivity contribution < 1.29 is 18.0 Å². The third kappa shape index (κ3) is 3.19. The smallest absolute Gasteiger partial charge is 0.243 e. The Morgan fingerprint density at radius 2 is 1.37 bits per heavy atom. The predicted molar refractivity (Wildman–Crippen MR) is 101 cm³/mol. The molecular weight excluding hydrogens is 366 g/mol. The lowest BCUT2D eigenvalue weighted by Crippen LogP contribution is -2.47. The zero-order valence-corrected chi connectivity index (χ0v) is 16.3. The molecule has 0 aromatic heterocycles. The van der Waals surface area contributed by atoms with E-state index in [1.165, 1.54) is 21.3 Å². The van der Waals surface area contributed by atoms with E-state index in [0.29, 0.717) is 31.9 Å². The molecular formula is C19H25N3O4S. The van der Waals surface area contributed by atoms with E-state index in [1.54, 1.807) is 12.1 Å². The minimum atomic E-state index is -3.56. The van der Waals surface area contributed by atoms with Crippen LogP contribution in [0.15, 0.2) is 29.2 Å². The van der Waals surface area contributed by atoms with Crippen LogP contribution in [0.25, 0.3) is 0 Å². The van der Waals surface area contributed by atoms with Gasteiger partial charge in [-0.25, -0.2) is 8.42 Å². The molecule has 2 heterocycles. The molecule has 0 spiro atoms. The maximum Gasteiger partial charge on any atom is 0.243 e. The molecule has 4 rings (SSSR count). The molecule has 2 aliphatic heterocycles. The van der Waals surface area contributed by atoms with Gasteiger partial charge in [0.1, 0.15) is 0 Å². The highest BCUT2D eigenvalue weighted by atomic mass is 32.2. The Bertz CT molecular complexity index is 820. The van der Waals surface area contributed by atoms with Crippen LogP contribution in [0.1, 0.15) is 25.7 Å². The number of carbonyl (C=O) groups is 2. The number of fused-ring (bicyclic) bond motifs is 1. The summed E-state index contributed by atoms with van der Waals surface area (Å²) in [5, 5.41) is 0. The van der Waals surface area contributed by atoms with E-state index in [4.69, 9.17) is 0 Å². The first kappa shape index (κ1) is 18.6. The minimum Gasteiger partial charge on any atom is -0.304 e. The minimum absolute atomic E-state index is 0.139. The summed E-state index contributed by atoms with van der Waals surface area (Å²) in [7, 11) is -1.58. The second-order valence-corrected chi connectivity index (χ2v) is 9.65. The number of imide groups is 1. The number of piperazine rings is 1. The van der Waals surface area contributed by atoms with Gasteiger partial charge in [-0.05, 0) is 44.2 Å². The number of benzene rings is 1. The fraction of sp³-hybridized carbons (Fsp3) is 0.579. The molecule has 0 N–H and O–H groups in total. The number of amides is 2. The van der Waals surface area contributed by atoms with Crippen LogP contribution in [-0.2, 0) is 19.6 Å². The summed E-state index contributed by atoms with van der Waals surface area (Å²) in [4.78, 5) is 28.9. The SMILES string of the molecule is CN1CCN(S(=O)(=O)c2ccc(N3C(=O)[C@H]4CCCC[C@H]4C3=O)cc2)CC1. The fourth-order valence-corrected chi connectivity index (χ4v) is 5.78. The van der Waals surface area contributed by atoms with E-state index in [9.17, 15) is 18.0 Å². The van der Waals surface area contributed by atoms with Gasteiger partial charge in [-0.15, -0.1) is 0 Å². The van der Waals surface area contributed by atoms with Crippen LogP contribution in [0.4, 0.5) is 5.69 Å². The summed E-state index contributed by atoms with van der Waals surface area (Å²) in [5.74, 6) is -0.696. The van der Waals surface area contributed by atoms with Crippen molar-refractivity contribution >= 4 is 27.5 Å². The maximum atomic E-state index is 12.8. The van der Waals surface area contributed by atoms with Crippen molar-refractivity contribution in [2.45, 2.75) is 30.6 Å². The molecule has 0 unspecified atom stereocenters. The number of nitrogens with zero attached hydrogens (tertiary/aromatic N) is 3. The molecule has 2 atom stereocenters. The lowest BCUT2D eigenvalue weighted by Gasteiger charge is -2.31. The van der Waals surface area contributed by atoms with Gasteiger partial charge in [0.05, 0.1) is 22.4 Å². The third-order valence-corrected chi connectivity index (χ3v) is 7.95. The Morgan fingerprint density at radius 1 is 0.852 bits per heavy atom. The monoisotopic (exact) mass is 391 g/mol. The van der Waals surface area contributed by atoms with Crippen LogP contribution < -0.4 is 4.90 Å². The Hall–Kier alpha value is -1.77. The van der Waals surface area contributed by atoms with Crippen LogP contribution in [0.2, 0.25) is 0 Å². The molecule has 0 bridgehead atoms. The Balaban J connectivity index is 1.55. The zero-order valence-electron chi connectivity index (χ0n) is 15.5. The van der Waals surface area contributed by atoms with Crippen molar-refractivity contribution in [3.8, 4) is 0 Å². The molecule has 27 heavy (non-hydrogen) atoms. The average Bonchev–Trinajstić information content (AvgIpc) is 2.93. The molecule has 1 aromatic rings. The molecule has 1 aliphatic carbocycles. The van der Waals surface area contributed by atoms with Crippen molar-refractivity contribution in [1.29, 1.82) is 0 Å². The van der Waals surface area contributed by atoms with E-state index in [0.717, 1.165) is 25.7 Å². The maximum absolute atomic E-state index is 12.8. The summed E-state index contributed by atoms with van der Waals surface area (Å²) in [6.45, 7) is 2.34. The predicted octanol–water partition coefficient (Wildman–Crippen LogP) is 1.30. The van der Waals surface area contributed by atoms with Gasteiger partial charge >= 0.3 is 0 Å². The molecule has 3 fully saturated rings. The largest absolute Gasteiger partial charge is 0.304 e. The van der Waals surface area contributed by atoms with E-state index in [-0.39, 0.29) is 28.5 Å². The number of sulfonamides is 1. The number of carbonyl (C=O) groups excluding carboxylic acids is 2. The number of rotatable bonds is 3. The molecule has 2 amide bonds. The van der Waals surface area contributed by atoms with Crippen LogP contribution in [0.5, 0.6) is 0 Å². The fourth-order valence-electron chi connectivity index (χ4n) is 4.36. The highest BCUT2D eigenvalue weighted by Crippen LogP contribution is 2.40. The van der Waals surface area contributed by atoms with Gasteiger partial charge < -0.3 is 4.90 Å². The molecule has 3 aliphatic rings. The zero-order chi connectivity index (χ0) is 19.2. The van der Waals surface area contributed by atoms with E-state index >= 15 is 0 Å².